The summed E-state index contributed by atoms with van der Waals surface area (Å²) < 4.78 is 47.3. The van der Waals surface area contributed by atoms with Crippen LogP contribution in [0.15, 0.2) is 30.5 Å². The molecule has 4 heterocycles. The van der Waals surface area contributed by atoms with Crippen molar-refractivity contribution in [2.24, 2.45) is 0 Å². The first kappa shape index (κ1) is 25.7. The number of amides is 2. The molecule has 1 atom stereocenters. The highest BCUT2D eigenvalue weighted by molar-refractivity contribution is 5.89. The number of likely N-dealkylation sites (N-methyl/N-ethyl adjacent to an activating group) is 1. The van der Waals surface area contributed by atoms with Crippen LogP contribution in [-0.4, -0.2) is 71.3 Å². The quantitative estimate of drug-likeness (QED) is 0.527. The third kappa shape index (κ3) is 5.09. The molecule has 0 radical (unpaired) electrons. The van der Waals surface area contributed by atoms with Gasteiger partial charge in [0.15, 0.2) is 11.6 Å². The highest BCUT2D eigenvalue weighted by Gasteiger charge is 2.43. The van der Waals surface area contributed by atoms with Crippen molar-refractivity contribution in [3.05, 3.63) is 64.7 Å². The zero-order valence-corrected chi connectivity index (χ0v) is 20.9. The molecular formula is C27H31F3N4O3. The minimum atomic E-state index is -1.04. The molecule has 1 aromatic carbocycles. The van der Waals surface area contributed by atoms with Crippen LogP contribution in [0.2, 0.25) is 0 Å². The zero-order chi connectivity index (χ0) is 26.2. The highest BCUT2D eigenvalue weighted by atomic mass is 19.2. The van der Waals surface area contributed by atoms with Gasteiger partial charge in [0.05, 0.1) is 12.2 Å². The van der Waals surface area contributed by atoms with Crippen LogP contribution in [0.25, 0.3) is 0 Å². The van der Waals surface area contributed by atoms with Crippen LogP contribution in [0.3, 0.4) is 0 Å². The average Bonchev–Trinajstić information content (AvgIpc) is 3.46. The molecule has 7 nitrogen and oxygen atoms in total. The second-order valence-electron chi connectivity index (χ2n) is 10.2. The minimum absolute atomic E-state index is 0.162. The molecule has 0 aliphatic carbocycles. The molecule has 10 heteroatoms. The number of aromatic nitrogens is 1. The van der Waals surface area contributed by atoms with Gasteiger partial charge in [-0.2, -0.15) is 4.39 Å². The molecule has 2 fully saturated rings. The third-order valence-corrected chi connectivity index (χ3v) is 7.87. The molecule has 2 saturated heterocycles. The number of nitrogens with zero attached hydrogens (tertiary/aromatic N) is 4. The van der Waals surface area contributed by atoms with Gasteiger partial charge in [0.2, 0.25) is 17.8 Å². The molecular weight excluding hydrogens is 485 g/mol. The summed E-state index contributed by atoms with van der Waals surface area (Å²) >= 11 is 0. The number of likely N-dealkylation sites (tertiary alicyclic amines) is 2. The fourth-order valence-electron chi connectivity index (χ4n) is 5.77. The maximum atomic E-state index is 14.0. The molecule has 1 unspecified atom stereocenters. The van der Waals surface area contributed by atoms with Gasteiger partial charge >= 0.3 is 0 Å². The van der Waals surface area contributed by atoms with Gasteiger partial charge in [0.25, 0.3) is 0 Å². The standard InChI is InChI=1S/C27H31F3N4O3/c1-32(26(36)25(34-11-2-4-24(34)35)18-5-6-21(28)22(29)14-18)9-3-10-33-12-7-27(8-13-33)20-15-23(30)31-16-19(20)17-37-27/h5-6,14-16,25H,2-4,7-13,17H2,1H3. The van der Waals surface area contributed by atoms with Crippen molar-refractivity contribution < 1.29 is 27.5 Å². The lowest BCUT2D eigenvalue weighted by Gasteiger charge is -2.39. The van der Waals surface area contributed by atoms with E-state index < -0.39 is 29.2 Å². The van der Waals surface area contributed by atoms with Crippen molar-refractivity contribution in [3.63, 3.8) is 0 Å². The van der Waals surface area contributed by atoms with E-state index in [9.17, 15) is 22.8 Å². The molecule has 1 aromatic heterocycles. The first-order valence-electron chi connectivity index (χ1n) is 12.8. The van der Waals surface area contributed by atoms with E-state index in [2.05, 4.69) is 9.88 Å². The SMILES string of the molecule is CN(CCCN1CCC2(CC1)OCc1cnc(F)cc12)C(=O)C(c1ccc(F)c(F)c1)N1CCCC1=O. The van der Waals surface area contributed by atoms with Crippen molar-refractivity contribution in [2.45, 2.75) is 50.4 Å². The van der Waals surface area contributed by atoms with Crippen LogP contribution in [0.4, 0.5) is 13.2 Å². The van der Waals surface area contributed by atoms with Crippen LogP contribution in [-0.2, 0) is 26.5 Å². The normalized spacial score (nSPS) is 19.9. The fraction of sp³-hybridized carbons (Fsp3) is 0.519. The summed E-state index contributed by atoms with van der Waals surface area (Å²) in [4.78, 5) is 34.9. The lowest BCUT2D eigenvalue weighted by atomic mass is 9.84. The third-order valence-electron chi connectivity index (χ3n) is 7.87. The Labute approximate surface area is 214 Å². The number of carbonyl (C=O) groups excluding carboxylic acids is 2. The van der Waals surface area contributed by atoms with Gasteiger partial charge in [0.1, 0.15) is 6.04 Å². The van der Waals surface area contributed by atoms with E-state index in [1.807, 2.05) is 0 Å². The minimum Gasteiger partial charge on any atom is -0.365 e. The Bertz CT molecular complexity index is 1190. The smallest absolute Gasteiger partial charge is 0.249 e. The molecule has 37 heavy (non-hydrogen) atoms. The van der Waals surface area contributed by atoms with E-state index in [1.165, 1.54) is 17.0 Å². The van der Waals surface area contributed by atoms with Gasteiger partial charge in [-0.1, -0.05) is 6.07 Å². The Balaban J connectivity index is 1.17. The lowest BCUT2D eigenvalue weighted by Crippen LogP contribution is -2.44. The summed E-state index contributed by atoms with van der Waals surface area (Å²) in [6.07, 6.45) is 4.75. The topological polar surface area (TPSA) is 66.0 Å². The number of ether oxygens (including phenoxy) is 1. The van der Waals surface area contributed by atoms with Crippen molar-refractivity contribution >= 4 is 11.8 Å². The number of halogens is 3. The van der Waals surface area contributed by atoms with E-state index in [0.717, 1.165) is 55.7 Å². The van der Waals surface area contributed by atoms with E-state index in [-0.39, 0.29) is 17.4 Å². The molecule has 3 aliphatic heterocycles. The summed E-state index contributed by atoms with van der Waals surface area (Å²) in [5, 5.41) is 0. The zero-order valence-electron chi connectivity index (χ0n) is 20.9. The number of hydrogen-bond donors (Lipinski definition) is 0. The largest absolute Gasteiger partial charge is 0.365 e. The molecule has 2 aromatic rings. The van der Waals surface area contributed by atoms with Crippen molar-refractivity contribution in [1.82, 2.24) is 19.7 Å². The van der Waals surface area contributed by atoms with Gasteiger partial charge in [-0.05, 0) is 61.6 Å². The Morgan fingerprint density at radius 2 is 1.95 bits per heavy atom. The van der Waals surface area contributed by atoms with Crippen LogP contribution < -0.4 is 0 Å². The molecule has 1 spiro atoms. The van der Waals surface area contributed by atoms with Crippen LogP contribution in [0.5, 0.6) is 0 Å². The number of piperidine rings is 1. The van der Waals surface area contributed by atoms with Gasteiger partial charge in [0, 0.05) is 51.4 Å². The van der Waals surface area contributed by atoms with Crippen LogP contribution in [0.1, 0.15) is 54.8 Å². The van der Waals surface area contributed by atoms with Gasteiger partial charge in [-0.15, -0.1) is 0 Å². The summed E-state index contributed by atoms with van der Waals surface area (Å²) in [5.74, 6) is -3.00. The second-order valence-corrected chi connectivity index (χ2v) is 10.2. The molecule has 2 amide bonds. The average molecular weight is 517 g/mol. The highest BCUT2D eigenvalue weighted by Crippen LogP contribution is 2.44. The number of carbonyl (C=O) groups is 2. The van der Waals surface area contributed by atoms with Crippen molar-refractivity contribution in [3.8, 4) is 0 Å². The van der Waals surface area contributed by atoms with E-state index in [1.54, 1.807) is 18.1 Å². The first-order valence-corrected chi connectivity index (χ1v) is 12.8. The number of rotatable bonds is 7. The molecule has 0 saturated carbocycles. The summed E-state index contributed by atoms with van der Waals surface area (Å²) in [6.45, 7) is 3.67. The summed E-state index contributed by atoms with van der Waals surface area (Å²) in [7, 11) is 1.67. The number of fused-ring (bicyclic) bond motifs is 2. The van der Waals surface area contributed by atoms with Gasteiger partial charge in [-0.3, -0.25) is 9.59 Å². The van der Waals surface area contributed by atoms with E-state index in [4.69, 9.17) is 4.74 Å². The summed E-state index contributed by atoms with van der Waals surface area (Å²) in [6, 6.07) is 3.89. The van der Waals surface area contributed by atoms with Gasteiger partial charge in [-0.25, -0.2) is 13.8 Å². The molecule has 5 rings (SSSR count). The predicted molar refractivity (Wildman–Crippen MR) is 129 cm³/mol. The van der Waals surface area contributed by atoms with E-state index >= 15 is 0 Å². The Hall–Kier alpha value is -2.98. The lowest BCUT2D eigenvalue weighted by molar-refractivity contribution is -0.143. The van der Waals surface area contributed by atoms with Crippen LogP contribution >= 0.6 is 0 Å². The second kappa shape index (κ2) is 10.4. The maximum absolute atomic E-state index is 14.0. The maximum Gasteiger partial charge on any atom is 0.249 e. The first-order chi connectivity index (χ1) is 17.8. The monoisotopic (exact) mass is 516 g/mol. The number of benzene rings is 1. The van der Waals surface area contributed by atoms with Gasteiger partial charge < -0.3 is 19.4 Å². The molecule has 0 bridgehead atoms. The Morgan fingerprint density at radius 3 is 2.65 bits per heavy atom. The number of pyridine rings is 1. The number of hydrogen-bond acceptors (Lipinski definition) is 5. The van der Waals surface area contributed by atoms with E-state index in [0.29, 0.717) is 39.0 Å². The Morgan fingerprint density at radius 1 is 1.16 bits per heavy atom. The predicted octanol–water partition coefficient (Wildman–Crippen LogP) is 3.53. The molecule has 198 valence electrons. The van der Waals surface area contributed by atoms with Crippen LogP contribution in [0, 0.1) is 17.6 Å². The molecule has 3 aliphatic rings. The van der Waals surface area contributed by atoms with Crippen molar-refractivity contribution in [2.75, 3.05) is 39.8 Å². The fourth-order valence-corrected chi connectivity index (χ4v) is 5.77. The van der Waals surface area contributed by atoms with Crippen molar-refractivity contribution in [1.29, 1.82) is 0 Å². The molecule has 0 N–H and O–H groups in total. The summed E-state index contributed by atoms with van der Waals surface area (Å²) in [5.41, 5.74) is 1.67. The Kier molecular flexibility index (Phi) is 7.22.